The van der Waals surface area contributed by atoms with Crippen LogP contribution < -0.4 is 5.73 Å². The fraction of sp³-hybridized carbons (Fsp3) is 0.533. The SMILES string of the molecule is Cc1nc([C@@H]2CN(C(=O)Cn3nc(C(F)(F)F)cc3C)C[C@H]2C(N)=O)n[nH]1. The molecule has 0 radical (unpaired) electrons. The minimum Gasteiger partial charge on any atom is -0.369 e. The van der Waals surface area contributed by atoms with Crippen LogP contribution in [0.1, 0.15) is 29.0 Å². The van der Waals surface area contributed by atoms with Crippen molar-refractivity contribution in [2.45, 2.75) is 32.5 Å². The van der Waals surface area contributed by atoms with Gasteiger partial charge in [0.2, 0.25) is 11.8 Å². The number of alkyl halides is 3. The molecule has 0 aliphatic carbocycles. The van der Waals surface area contributed by atoms with Crippen LogP contribution in [0.15, 0.2) is 6.07 Å². The smallest absolute Gasteiger partial charge is 0.369 e. The Balaban J connectivity index is 1.76. The molecule has 146 valence electrons. The minimum atomic E-state index is -4.58. The lowest BCUT2D eigenvalue weighted by Gasteiger charge is -2.16. The number of rotatable bonds is 4. The lowest BCUT2D eigenvalue weighted by molar-refractivity contribution is -0.142. The average molecular weight is 385 g/mol. The standard InChI is InChI=1S/C15H18F3N7O2/c1-7-3-11(15(16,17)18)23-25(7)6-12(26)24-4-9(13(19)27)10(5-24)14-20-8(2)21-22-14/h3,9-10H,4-6H2,1-2H3,(H2,19,27)(H,20,21,22)/t9-,10-/m1/s1. The third-order valence-electron chi connectivity index (χ3n) is 4.54. The van der Waals surface area contributed by atoms with Crippen molar-refractivity contribution in [3.05, 3.63) is 29.1 Å². The number of amides is 2. The molecule has 0 aromatic carbocycles. The zero-order chi connectivity index (χ0) is 19.9. The number of halogens is 3. The predicted molar refractivity (Wildman–Crippen MR) is 85.1 cm³/mol. The molecule has 0 bridgehead atoms. The van der Waals surface area contributed by atoms with Crippen molar-refractivity contribution in [1.82, 2.24) is 29.9 Å². The molecule has 2 amide bonds. The molecule has 3 N–H and O–H groups in total. The Morgan fingerprint density at radius 3 is 2.56 bits per heavy atom. The van der Waals surface area contributed by atoms with Gasteiger partial charge in [-0.3, -0.25) is 19.4 Å². The first-order valence-corrected chi connectivity index (χ1v) is 8.14. The number of H-pyrrole nitrogens is 1. The molecule has 12 heteroatoms. The molecule has 1 aliphatic heterocycles. The summed E-state index contributed by atoms with van der Waals surface area (Å²) in [7, 11) is 0. The van der Waals surface area contributed by atoms with Crippen LogP contribution in [0.3, 0.4) is 0 Å². The van der Waals surface area contributed by atoms with Gasteiger partial charge in [-0.05, 0) is 19.9 Å². The number of primary amides is 1. The van der Waals surface area contributed by atoms with E-state index in [2.05, 4.69) is 20.3 Å². The molecule has 0 saturated carbocycles. The van der Waals surface area contributed by atoms with Crippen LogP contribution in [-0.4, -0.2) is 54.8 Å². The second-order valence-electron chi connectivity index (χ2n) is 6.52. The highest BCUT2D eigenvalue weighted by Crippen LogP contribution is 2.31. The van der Waals surface area contributed by atoms with Crippen molar-refractivity contribution in [2.24, 2.45) is 11.7 Å². The lowest BCUT2D eigenvalue weighted by Crippen LogP contribution is -2.34. The third kappa shape index (κ3) is 3.78. The predicted octanol–water partition coefficient (Wildman–Crippen LogP) is 0.364. The van der Waals surface area contributed by atoms with Crippen molar-refractivity contribution >= 4 is 11.8 Å². The van der Waals surface area contributed by atoms with Gasteiger partial charge in [0.25, 0.3) is 0 Å². The highest BCUT2D eigenvalue weighted by Gasteiger charge is 2.42. The Morgan fingerprint density at radius 2 is 2.04 bits per heavy atom. The van der Waals surface area contributed by atoms with Gasteiger partial charge in [0.1, 0.15) is 12.4 Å². The van der Waals surface area contributed by atoms with E-state index in [0.717, 1.165) is 10.7 Å². The molecule has 0 unspecified atom stereocenters. The van der Waals surface area contributed by atoms with Gasteiger partial charge in [-0.2, -0.15) is 23.4 Å². The van der Waals surface area contributed by atoms with E-state index in [1.807, 2.05) is 0 Å². The minimum absolute atomic E-state index is 0.0544. The number of carbonyl (C=O) groups is 2. The summed E-state index contributed by atoms with van der Waals surface area (Å²) in [5, 5.41) is 10.2. The molecule has 9 nitrogen and oxygen atoms in total. The van der Waals surface area contributed by atoms with E-state index in [0.29, 0.717) is 11.6 Å². The summed E-state index contributed by atoms with van der Waals surface area (Å²) in [6, 6.07) is 0.878. The molecule has 1 aliphatic rings. The van der Waals surface area contributed by atoms with Crippen molar-refractivity contribution in [3.63, 3.8) is 0 Å². The molecule has 3 heterocycles. The number of nitrogens with zero attached hydrogens (tertiary/aromatic N) is 5. The quantitative estimate of drug-likeness (QED) is 0.787. The lowest BCUT2D eigenvalue weighted by atomic mass is 9.95. The van der Waals surface area contributed by atoms with Gasteiger partial charge >= 0.3 is 6.18 Å². The van der Waals surface area contributed by atoms with Gasteiger partial charge in [-0.25, -0.2) is 4.98 Å². The summed E-state index contributed by atoms with van der Waals surface area (Å²) in [6.45, 7) is 2.97. The Bertz CT molecular complexity index is 873. The number of likely N-dealkylation sites (tertiary alicyclic amines) is 1. The van der Waals surface area contributed by atoms with E-state index in [1.165, 1.54) is 11.8 Å². The molecule has 2 atom stereocenters. The fourth-order valence-electron chi connectivity index (χ4n) is 3.12. The van der Waals surface area contributed by atoms with Crippen LogP contribution in [0.2, 0.25) is 0 Å². The summed E-state index contributed by atoms with van der Waals surface area (Å²) < 4.78 is 39.3. The molecule has 1 fully saturated rings. The summed E-state index contributed by atoms with van der Waals surface area (Å²) in [5.41, 5.74) is 4.59. The van der Waals surface area contributed by atoms with Crippen LogP contribution >= 0.6 is 0 Å². The van der Waals surface area contributed by atoms with Crippen LogP contribution in [0.4, 0.5) is 13.2 Å². The molecule has 3 rings (SSSR count). The zero-order valence-corrected chi connectivity index (χ0v) is 14.6. The average Bonchev–Trinajstić information content (AvgIpc) is 3.25. The largest absolute Gasteiger partial charge is 0.435 e. The fourth-order valence-corrected chi connectivity index (χ4v) is 3.12. The van der Waals surface area contributed by atoms with Crippen LogP contribution in [-0.2, 0) is 22.3 Å². The maximum absolute atomic E-state index is 12.8. The number of aromatic amines is 1. The van der Waals surface area contributed by atoms with E-state index in [-0.39, 0.29) is 25.3 Å². The monoisotopic (exact) mass is 385 g/mol. The van der Waals surface area contributed by atoms with Gasteiger partial charge in [0.15, 0.2) is 11.5 Å². The molecular weight excluding hydrogens is 367 g/mol. The molecular formula is C15H18F3N7O2. The molecule has 27 heavy (non-hydrogen) atoms. The Morgan fingerprint density at radius 1 is 1.33 bits per heavy atom. The van der Waals surface area contributed by atoms with E-state index < -0.39 is 35.5 Å². The Labute approximate surface area is 151 Å². The summed E-state index contributed by atoms with van der Waals surface area (Å²) in [6.07, 6.45) is -4.58. The zero-order valence-electron chi connectivity index (χ0n) is 14.6. The maximum atomic E-state index is 12.8. The molecule has 2 aromatic rings. The number of hydrogen-bond donors (Lipinski definition) is 2. The van der Waals surface area contributed by atoms with Crippen LogP contribution in [0, 0.1) is 19.8 Å². The number of carbonyl (C=O) groups excluding carboxylic acids is 2. The first kappa shape index (κ1) is 18.9. The van der Waals surface area contributed by atoms with Crippen LogP contribution in [0.25, 0.3) is 0 Å². The van der Waals surface area contributed by atoms with Gasteiger partial charge < -0.3 is 10.6 Å². The molecule has 2 aromatic heterocycles. The second kappa shape index (κ2) is 6.67. The summed E-state index contributed by atoms with van der Waals surface area (Å²) >= 11 is 0. The third-order valence-corrected chi connectivity index (χ3v) is 4.54. The number of aromatic nitrogens is 5. The Kier molecular flexibility index (Phi) is 4.66. The van der Waals surface area contributed by atoms with E-state index in [4.69, 9.17) is 5.73 Å². The number of hydrogen-bond acceptors (Lipinski definition) is 5. The van der Waals surface area contributed by atoms with Gasteiger partial charge in [0.05, 0.1) is 11.8 Å². The van der Waals surface area contributed by atoms with E-state index in [9.17, 15) is 22.8 Å². The number of nitrogens with two attached hydrogens (primary N) is 1. The van der Waals surface area contributed by atoms with Crippen molar-refractivity contribution < 1.29 is 22.8 Å². The van der Waals surface area contributed by atoms with Crippen LogP contribution in [0.5, 0.6) is 0 Å². The topological polar surface area (TPSA) is 123 Å². The second-order valence-corrected chi connectivity index (χ2v) is 6.52. The molecule has 1 saturated heterocycles. The van der Waals surface area contributed by atoms with E-state index >= 15 is 0 Å². The highest BCUT2D eigenvalue weighted by atomic mass is 19.4. The van der Waals surface area contributed by atoms with E-state index in [1.54, 1.807) is 6.92 Å². The summed E-state index contributed by atoms with van der Waals surface area (Å²) in [5.74, 6) is -1.26. The number of aryl methyl sites for hydroxylation is 2. The van der Waals surface area contributed by atoms with Gasteiger partial charge in [-0.15, -0.1) is 0 Å². The number of nitrogens with one attached hydrogen (secondary N) is 1. The Hall–Kier alpha value is -2.92. The van der Waals surface area contributed by atoms with Crippen molar-refractivity contribution in [1.29, 1.82) is 0 Å². The first-order valence-electron chi connectivity index (χ1n) is 8.14. The summed E-state index contributed by atoms with van der Waals surface area (Å²) in [4.78, 5) is 29.9. The highest BCUT2D eigenvalue weighted by molar-refractivity contribution is 5.82. The van der Waals surface area contributed by atoms with Crippen molar-refractivity contribution in [2.75, 3.05) is 13.1 Å². The van der Waals surface area contributed by atoms with Gasteiger partial charge in [-0.1, -0.05) is 0 Å². The normalized spacial score (nSPS) is 20.3. The maximum Gasteiger partial charge on any atom is 0.435 e. The van der Waals surface area contributed by atoms with Crippen molar-refractivity contribution in [3.8, 4) is 0 Å². The first-order chi connectivity index (χ1) is 12.6. The van der Waals surface area contributed by atoms with Gasteiger partial charge in [0, 0.05) is 18.8 Å². The molecule has 0 spiro atoms.